The van der Waals surface area contributed by atoms with Gasteiger partial charge in [0.2, 0.25) is 10.0 Å². The lowest BCUT2D eigenvalue weighted by Gasteiger charge is -2.34. The number of hydrogen-bond acceptors (Lipinski definition) is 4. The van der Waals surface area contributed by atoms with E-state index in [4.69, 9.17) is 4.74 Å². The number of piperazine rings is 1. The summed E-state index contributed by atoms with van der Waals surface area (Å²) in [7, 11) is -1.38. The highest BCUT2D eigenvalue weighted by Crippen LogP contribution is 2.20. The molecular formula is C16H26N2O3S. The van der Waals surface area contributed by atoms with Gasteiger partial charge in [-0.15, -0.1) is 0 Å². The van der Waals surface area contributed by atoms with Crippen LogP contribution in [0.15, 0.2) is 18.2 Å². The van der Waals surface area contributed by atoms with E-state index in [1.54, 1.807) is 11.4 Å². The Hall–Kier alpha value is -1.11. The van der Waals surface area contributed by atoms with Gasteiger partial charge < -0.3 is 4.74 Å². The second kappa shape index (κ2) is 7.44. The fraction of sp³-hybridized carbons (Fsp3) is 0.625. The lowest BCUT2D eigenvalue weighted by molar-refractivity contribution is 0.181. The zero-order valence-corrected chi connectivity index (χ0v) is 14.5. The zero-order chi connectivity index (χ0) is 16.2. The molecule has 5 nitrogen and oxygen atoms in total. The standard InChI is InChI=1S/C16H26N2O3S/c1-4-11-22(19,20)18-9-7-17(8-10-18)13-15-5-6-16(21-3)14(2)12-15/h5-6,12H,4,7-11,13H2,1-3H3. The average molecular weight is 326 g/mol. The maximum absolute atomic E-state index is 12.1. The molecule has 1 fully saturated rings. The molecule has 1 saturated heterocycles. The molecule has 1 aliphatic heterocycles. The van der Waals surface area contributed by atoms with E-state index in [9.17, 15) is 8.42 Å². The van der Waals surface area contributed by atoms with Crippen LogP contribution in [0.2, 0.25) is 0 Å². The predicted molar refractivity (Wildman–Crippen MR) is 88.7 cm³/mol. The Morgan fingerprint density at radius 1 is 1.18 bits per heavy atom. The summed E-state index contributed by atoms with van der Waals surface area (Å²) < 4.78 is 31.0. The zero-order valence-electron chi connectivity index (χ0n) is 13.7. The maximum Gasteiger partial charge on any atom is 0.214 e. The topological polar surface area (TPSA) is 49.9 Å². The summed E-state index contributed by atoms with van der Waals surface area (Å²) in [6.45, 7) is 7.56. The van der Waals surface area contributed by atoms with Gasteiger partial charge in [0.25, 0.3) is 0 Å². The van der Waals surface area contributed by atoms with Crippen molar-refractivity contribution in [2.24, 2.45) is 0 Å². The van der Waals surface area contributed by atoms with Gasteiger partial charge in [0, 0.05) is 32.7 Å². The molecule has 0 aromatic heterocycles. The average Bonchev–Trinajstić information content (AvgIpc) is 2.48. The third kappa shape index (κ3) is 4.21. The summed E-state index contributed by atoms with van der Waals surface area (Å²) in [4.78, 5) is 2.30. The maximum atomic E-state index is 12.1. The summed E-state index contributed by atoms with van der Waals surface area (Å²) in [6, 6.07) is 6.21. The third-order valence-corrected chi connectivity index (χ3v) is 6.13. The number of hydrogen-bond donors (Lipinski definition) is 0. The fourth-order valence-corrected chi connectivity index (χ4v) is 4.34. The molecule has 6 heteroatoms. The van der Waals surface area contributed by atoms with Crippen molar-refractivity contribution in [1.29, 1.82) is 0 Å². The smallest absolute Gasteiger partial charge is 0.214 e. The lowest BCUT2D eigenvalue weighted by Crippen LogP contribution is -2.48. The molecule has 1 aromatic carbocycles. The first-order chi connectivity index (χ1) is 10.5. The van der Waals surface area contributed by atoms with Gasteiger partial charge in [-0.25, -0.2) is 8.42 Å². The van der Waals surface area contributed by atoms with Crippen LogP contribution in [0.25, 0.3) is 0 Å². The molecule has 124 valence electrons. The number of aryl methyl sites for hydroxylation is 1. The van der Waals surface area contributed by atoms with E-state index < -0.39 is 10.0 Å². The second-order valence-corrected chi connectivity index (χ2v) is 7.88. The van der Waals surface area contributed by atoms with E-state index in [1.807, 2.05) is 19.9 Å². The second-order valence-electron chi connectivity index (χ2n) is 5.80. The summed E-state index contributed by atoms with van der Waals surface area (Å²) >= 11 is 0. The highest BCUT2D eigenvalue weighted by Gasteiger charge is 2.25. The van der Waals surface area contributed by atoms with Crippen LogP contribution in [0, 0.1) is 6.92 Å². The molecule has 0 atom stereocenters. The molecule has 0 aliphatic carbocycles. The molecule has 0 saturated carbocycles. The van der Waals surface area contributed by atoms with Crippen molar-refractivity contribution in [2.45, 2.75) is 26.8 Å². The molecule has 1 aliphatic rings. The molecule has 0 amide bonds. The van der Waals surface area contributed by atoms with Crippen molar-refractivity contribution < 1.29 is 13.2 Å². The number of methoxy groups -OCH3 is 1. The highest BCUT2D eigenvalue weighted by atomic mass is 32.2. The Bertz CT molecular complexity index is 593. The van der Waals surface area contributed by atoms with Crippen LogP contribution in [0.1, 0.15) is 24.5 Å². The molecular weight excluding hydrogens is 300 g/mol. The first-order valence-electron chi connectivity index (χ1n) is 7.80. The van der Waals surface area contributed by atoms with Gasteiger partial charge >= 0.3 is 0 Å². The van der Waals surface area contributed by atoms with Gasteiger partial charge in [0.05, 0.1) is 12.9 Å². The number of benzene rings is 1. The number of rotatable bonds is 6. The Morgan fingerprint density at radius 3 is 2.41 bits per heavy atom. The van der Waals surface area contributed by atoms with Crippen molar-refractivity contribution in [1.82, 2.24) is 9.21 Å². The quantitative estimate of drug-likeness (QED) is 0.801. The monoisotopic (exact) mass is 326 g/mol. The summed E-state index contributed by atoms with van der Waals surface area (Å²) in [5, 5.41) is 0. The van der Waals surface area contributed by atoms with E-state index in [1.165, 1.54) is 5.56 Å². The normalized spacial score (nSPS) is 17.6. The Kier molecular flexibility index (Phi) is 5.83. The minimum absolute atomic E-state index is 0.255. The number of sulfonamides is 1. The first-order valence-corrected chi connectivity index (χ1v) is 9.41. The van der Waals surface area contributed by atoms with Crippen molar-refractivity contribution in [3.8, 4) is 5.75 Å². The van der Waals surface area contributed by atoms with Gasteiger partial charge in [-0.3, -0.25) is 4.90 Å². The first kappa shape index (κ1) is 17.2. The SMILES string of the molecule is CCCS(=O)(=O)N1CCN(Cc2ccc(OC)c(C)c2)CC1. The Balaban J connectivity index is 1.91. The van der Waals surface area contributed by atoms with Crippen LogP contribution in [-0.4, -0.2) is 56.7 Å². The minimum Gasteiger partial charge on any atom is -0.496 e. The van der Waals surface area contributed by atoms with Crippen molar-refractivity contribution >= 4 is 10.0 Å². The van der Waals surface area contributed by atoms with E-state index in [0.29, 0.717) is 19.5 Å². The molecule has 0 radical (unpaired) electrons. The molecule has 0 N–H and O–H groups in total. The number of ether oxygens (including phenoxy) is 1. The minimum atomic E-state index is -3.06. The molecule has 1 aromatic rings. The molecule has 22 heavy (non-hydrogen) atoms. The predicted octanol–water partition coefficient (Wildman–Crippen LogP) is 1.86. The molecule has 0 bridgehead atoms. The summed E-state index contributed by atoms with van der Waals surface area (Å²) in [5.41, 5.74) is 2.37. The Morgan fingerprint density at radius 2 is 1.86 bits per heavy atom. The van der Waals surface area contributed by atoms with Crippen LogP contribution in [-0.2, 0) is 16.6 Å². The summed E-state index contributed by atoms with van der Waals surface area (Å²) in [6.07, 6.45) is 0.674. The van der Waals surface area contributed by atoms with E-state index >= 15 is 0 Å². The van der Waals surface area contributed by atoms with Crippen molar-refractivity contribution in [3.05, 3.63) is 29.3 Å². The van der Waals surface area contributed by atoms with Crippen LogP contribution < -0.4 is 4.74 Å². The van der Waals surface area contributed by atoms with Gasteiger partial charge in [0.1, 0.15) is 5.75 Å². The van der Waals surface area contributed by atoms with E-state index in [-0.39, 0.29) is 5.75 Å². The third-order valence-electron chi connectivity index (χ3n) is 4.05. The van der Waals surface area contributed by atoms with Gasteiger partial charge in [-0.1, -0.05) is 19.1 Å². The molecule has 2 rings (SSSR count). The van der Waals surface area contributed by atoms with Gasteiger partial charge in [-0.2, -0.15) is 4.31 Å². The van der Waals surface area contributed by atoms with E-state index in [0.717, 1.165) is 30.9 Å². The highest BCUT2D eigenvalue weighted by molar-refractivity contribution is 7.89. The number of nitrogens with zero attached hydrogens (tertiary/aromatic N) is 2. The van der Waals surface area contributed by atoms with Crippen LogP contribution in [0.5, 0.6) is 5.75 Å². The molecule has 1 heterocycles. The van der Waals surface area contributed by atoms with Crippen molar-refractivity contribution in [2.75, 3.05) is 39.0 Å². The fourth-order valence-electron chi connectivity index (χ4n) is 2.85. The van der Waals surface area contributed by atoms with Gasteiger partial charge in [0.15, 0.2) is 0 Å². The van der Waals surface area contributed by atoms with E-state index in [2.05, 4.69) is 17.0 Å². The van der Waals surface area contributed by atoms with Crippen LogP contribution >= 0.6 is 0 Å². The largest absolute Gasteiger partial charge is 0.496 e. The van der Waals surface area contributed by atoms with Gasteiger partial charge in [-0.05, 0) is 30.5 Å². The summed E-state index contributed by atoms with van der Waals surface area (Å²) in [5.74, 6) is 1.16. The molecule has 0 unspecified atom stereocenters. The Labute approximate surface area is 133 Å². The molecule has 0 spiro atoms. The van der Waals surface area contributed by atoms with Crippen LogP contribution in [0.3, 0.4) is 0 Å². The van der Waals surface area contributed by atoms with Crippen LogP contribution in [0.4, 0.5) is 0 Å². The lowest BCUT2D eigenvalue weighted by atomic mass is 10.1. The van der Waals surface area contributed by atoms with Crippen molar-refractivity contribution in [3.63, 3.8) is 0 Å².